The molecule has 5 nitrogen and oxygen atoms in total. The van der Waals surface area contributed by atoms with Crippen LogP contribution in [-0.4, -0.2) is 24.1 Å². The van der Waals surface area contributed by atoms with Gasteiger partial charge in [0.25, 0.3) is 0 Å². The van der Waals surface area contributed by atoms with Gasteiger partial charge in [-0.3, -0.25) is 9.59 Å². The molecule has 0 unspecified atom stereocenters. The highest BCUT2D eigenvalue weighted by Gasteiger charge is 2.36. The molecular weight excluding hydrogens is 294 g/mol. The minimum atomic E-state index is -0.990. The summed E-state index contributed by atoms with van der Waals surface area (Å²) in [5.41, 5.74) is 0.514. The summed E-state index contributed by atoms with van der Waals surface area (Å²) in [6.45, 7) is 0. The largest absolute Gasteiger partial charge is 0.495 e. The van der Waals surface area contributed by atoms with Gasteiger partial charge in [0.15, 0.2) is 0 Å². The lowest BCUT2D eigenvalue weighted by atomic mass is 9.82. The Balaban J connectivity index is 2.18. The molecule has 0 saturated carbocycles. The fourth-order valence-electron chi connectivity index (χ4n) is 2.38. The topological polar surface area (TPSA) is 75.6 Å². The van der Waals surface area contributed by atoms with Crippen LogP contribution in [0.3, 0.4) is 0 Å². The lowest BCUT2D eigenvalue weighted by molar-refractivity contribution is -0.146. The van der Waals surface area contributed by atoms with Crippen LogP contribution in [0.5, 0.6) is 5.75 Å². The van der Waals surface area contributed by atoms with E-state index in [1.54, 1.807) is 30.3 Å². The van der Waals surface area contributed by atoms with Crippen LogP contribution < -0.4 is 10.1 Å². The minimum absolute atomic E-state index is 0.236. The first-order valence-electron chi connectivity index (χ1n) is 6.54. The van der Waals surface area contributed by atoms with Gasteiger partial charge in [-0.25, -0.2) is 0 Å². The maximum atomic E-state index is 12.4. The second kappa shape index (κ2) is 6.63. The molecule has 1 aromatic carbocycles. The number of amides is 1. The Morgan fingerprint density at radius 1 is 1.33 bits per heavy atom. The fraction of sp³-hybridized carbons (Fsp3) is 0.333. The number of carbonyl (C=O) groups is 2. The Hall–Kier alpha value is -2.01. The number of nitrogens with one attached hydrogen (secondary N) is 1. The van der Waals surface area contributed by atoms with E-state index in [1.807, 2.05) is 0 Å². The fourth-order valence-corrected chi connectivity index (χ4v) is 2.63. The van der Waals surface area contributed by atoms with Gasteiger partial charge >= 0.3 is 5.97 Å². The van der Waals surface area contributed by atoms with Crippen LogP contribution in [0, 0.1) is 11.8 Å². The number of halogens is 1. The molecule has 112 valence electrons. The number of carbonyl (C=O) groups excluding carboxylic acids is 1. The van der Waals surface area contributed by atoms with Crippen LogP contribution in [0.15, 0.2) is 35.4 Å². The van der Waals surface area contributed by atoms with Crippen molar-refractivity contribution in [1.82, 2.24) is 0 Å². The van der Waals surface area contributed by atoms with Gasteiger partial charge in [-0.05, 0) is 25.0 Å². The Morgan fingerprint density at radius 3 is 2.71 bits per heavy atom. The van der Waals surface area contributed by atoms with Crippen molar-refractivity contribution in [2.45, 2.75) is 12.8 Å². The molecule has 6 heteroatoms. The number of rotatable bonds is 4. The molecule has 1 aliphatic carbocycles. The van der Waals surface area contributed by atoms with E-state index < -0.39 is 17.8 Å². The van der Waals surface area contributed by atoms with Crippen LogP contribution in [0.25, 0.3) is 0 Å². The van der Waals surface area contributed by atoms with Crippen molar-refractivity contribution in [3.63, 3.8) is 0 Å². The van der Waals surface area contributed by atoms with Gasteiger partial charge in [0.1, 0.15) is 5.75 Å². The zero-order chi connectivity index (χ0) is 15.4. The third-order valence-corrected chi connectivity index (χ3v) is 3.82. The molecule has 0 radical (unpaired) electrons. The summed E-state index contributed by atoms with van der Waals surface area (Å²) >= 11 is 5.95. The highest BCUT2D eigenvalue weighted by Crippen LogP contribution is 2.33. The summed E-state index contributed by atoms with van der Waals surface area (Å²) in [6, 6.07) is 6.97. The van der Waals surface area contributed by atoms with Crippen LogP contribution in [0.2, 0.25) is 0 Å². The van der Waals surface area contributed by atoms with Crippen LogP contribution in [-0.2, 0) is 9.59 Å². The Morgan fingerprint density at radius 2 is 2.05 bits per heavy atom. The molecule has 2 atom stereocenters. The summed E-state index contributed by atoms with van der Waals surface area (Å²) in [4.78, 5) is 23.7. The van der Waals surface area contributed by atoms with Gasteiger partial charge in [-0.15, -0.1) is 0 Å². The monoisotopic (exact) mass is 309 g/mol. The molecule has 0 saturated heterocycles. The SMILES string of the molecule is COc1ccccc1NC(=O)[C@@H]1CC(Cl)=CC[C@@H]1C(=O)O. The standard InChI is InChI=1S/C15H16ClNO4/c1-21-13-5-3-2-4-12(13)17-14(18)11-8-9(16)6-7-10(11)15(19)20/h2-6,10-11H,7-8H2,1H3,(H,17,18)(H,19,20)/t10-,11+/m0/s1. The Kier molecular flexibility index (Phi) is 4.85. The zero-order valence-corrected chi connectivity index (χ0v) is 12.3. The summed E-state index contributed by atoms with van der Waals surface area (Å²) in [5.74, 6) is -2.28. The number of hydrogen-bond donors (Lipinski definition) is 2. The quantitative estimate of drug-likeness (QED) is 0.896. The maximum Gasteiger partial charge on any atom is 0.307 e. The smallest absolute Gasteiger partial charge is 0.307 e. The second-order valence-corrected chi connectivity index (χ2v) is 5.32. The van der Waals surface area contributed by atoms with E-state index in [2.05, 4.69) is 5.32 Å². The third kappa shape index (κ3) is 3.55. The van der Waals surface area contributed by atoms with Crippen molar-refractivity contribution < 1.29 is 19.4 Å². The molecule has 1 aromatic rings. The van der Waals surface area contributed by atoms with Gasteiger partial charge in [0, 0.05) is 5.03 Å². The normalized spacial score (nSPS) is 21.3. The minimum Gasteiger partial charge on any atom is -0.495 e. The number of carboxylic acid groups (broad SMARTS) is 1. The number of hydrogen-bond acceptors (Lipinski definition) is 3. The molecule has 2 rings (SSSR count). The van der Waals surface area contributed by atoms with E-state index in [9.17, 15) is 14.7 Å². The zero-order valence-electron chi connectivity index (χ0n) is 11.5. The van der Waals surface area contributed by atoms with E-state index >= 15 is 0 Å². The van der Waals surface area contributed by atoms with Gasteiger partial charge < -0.3 is 15.2 Å². The van der Waals surface area contributed by atoms with Crippen molar-refractivity contribution in [3.05, 3.63) is 35.4 Å². The molecular formula is C15H16ClNO4. The lowest BCUT2D eigenvalue weighted by Gasteiger charge is -2.26. The molecule has 1 aliphatic rings. The van der Waals surface area contributed by atoms with Gasteiger partial charge in [0.2, 0.25) is 5.91 Å². The highest BCUT2D eigenvalue weighted by molar-refractivity contribution is 6.29. The van der Waals surface area contributed by atoms with E-state index in [0.29, 0.717) is 16.5 Å². The molecule has 0 fully saturated rings. The van der Waals surface area contributed by atoms with Crippen molar-refractivity contribution in [2.24, 2.45) is 11.8 Å². The average molecular weight is 310 g/mol. The first-order chi connectivity index (χ1) is 10.0. The number of para-hydroxylation sites is 2. The molecule has 0 bridgehead atoms. The summed E-state index contributed by atoms with van der Waals surface area (Å²) in [6.07, 6.45) is 2.16. The highest BCUT2D eigenvalue weighted by atomic mass is 35.5. The number of methoxy groups -OCH3 is 1. The summed E-state index contributed by atoms with van der Waals surface area (Å²) in [5, 5.41) is 12.5. The van der Waals surface area contributed by atoms with Crippen molar-refractivity contribution in [3.8, 4) is 5.75 Å². The first-order valence-corrected chi connectivity index (χ1v) is 6.92. The van der Waals surface area contributed by atoms with Gasteiger partial charge in [-0.1, -0.05) is 29.8 Å². The number of aliphatic carboxylic acids is 1. The number of ether oxygens (including phenoxy) is 1. The number of benzene rings is 1. The van der Waals surface area contributed by atoms with E-state index in [4.69, 9.17) is 16.3 Å². The number of anilines is 1. The second-order valence-electron chi connectivity index (χ2n) is 4.83. The molecule has 21 heavy (non-hydrogen) atoms. The molecule has 0 heterocycles. The van der Waals surface area contributed by atoms with Gasteiger partial charge in [-0.2, -0.15) is 0 Å². The van der Waals surface area contributed by atoms with Crippen LogP contribution in [0.1, 0.15) is 12.8 Å². The molecule has 0 aromatic heterocycles. The lowest BCUT2D eigenvalue weighted by Crippen LogP contribution is -2.35. The van der Waals surface area contributed by atoms with E-state index in [1.165, 1.54) is 7.11 Å². The summed E-state index contributed by atoms with van der Waals surface area (Å²) in [7, 11) is 1.51. The third-order valence-electron chi connectivity index (χ3n) is 3.51. The maximum absolute atomic E-state index is 12.4. The average Bonchev–Trinajstić information content (AvgIpc) is 2.47. The van der Waals surface area contributed by atoms with Gasteiger partial charge in [0.05, 0.1) is 24.6 Å². The Labute approximate surface area is 127 Å². The molecule has 2 N–H and O–H groups in total. The van der Waals surface area contributed by atoms with Crippen LogP contribution >= 0.6 is 11.6 Å². The molecule has 0 spiro atoms. The summed E-state index contributed by atoms with van der Waals surface area (Å²) < 4.78 is 5.16. The van der Waals surface area contributed by atoms with Crippen molar-refractivity contribution in [1.29, 1.82) is 0 Å². The predicted molar refractivity (Wildman–Crippen MR) is 79.4 cm³/mol. The Bertz CT molecular complexity index is 585. The first kappa shape index (κ1) is 15.4. The van der Waals surface area contributed by atoms with Crippen molar-refractivity contribution >= 4 is 29.2 Å². The van der Waals surface area contributed by atoms with Crippen LogP contribution in [0.4, 0.5) is 5.69 Å². The van der Waals surface area contributed by atoms with Crippen molar-refractivity contribution in [2.75, 3.05) is 12.4 Å². The molecule has 0 aliphatic heterocycles. The number of carboxylic acids is 1. The van der Waals surface area contributed by atoms with E-state index in [0.717, 1.165) is 0 Å². The number of allylic oxidation sites excluding steroid dienone is 2. The molecule has 1 amide bonds. The van der Waals surface area contributed by atoms with E-state index in [-0.39, 0.29) is 18.7 Å². The predicted octanol–water partition coefficient (Wildman–Crippen LogP) is 2.87.